The van der Waals surface area contributed by atoms with Crippen LogP contribution in [-0.4, -0.2) is 68.8 Å². The highest BCUT2D eigenvalue weighted by molar-refractivity contribution is 7.89. The van der Waals surface area contributed by atoms with Crippen LogP contribution in [0.4, 0.5) is 0 Å². The van der Waals surface area contributed by atoms with Crippen molar-refractivity contribution in [3.8, 4) is 0 Å². The molecule has 1 fully saturated rings. The minimum atomic E-state index is -3.64. The maximum absolute atomic E-state index is 12.9. The van der Waals surface area contributed by atoms with Crippen LogP contribution < -0.4 is 0 Å². The number of Topliss-reactive ketones (excluding diaryl/α,β-unsaturated/α-hetero) is 1. The smallest absolute Gasteiger partial charge is 0.295 e. The Kier molecular flexibility index (Phi) is 7.12. The number of rotatable bonds is 8. The zero-order valence-corrected chi connectivity index (χ0v) is 19.0. The van der Waals surface area contributed by atoms with E-state index in [1.165, 1.54) is 43.3 Å². The Labute approximate surface area is 187 Å². The maximum atomic E-state index is 12.9. The summed E-state index contributed by atoms with van der Waals surface area (Å²) in [5.74, 6) is -1.82. The number of benzene rings is 2. The molecule has 1 amide bonds. The van der Waals surface area contributed by atoms with E-state index in [1.54, 1.807) is 31.4 Å². The van der Waals surface area contributed by atoms with Crippen LogP contribution >= 0.6 is 0 Å². The molecule has 1 aliphatic heterocycles. The summed E-state index contributed by atoms with van der Waals surface area (Å²) in [6.07, 6.45) is 0.532. The first-order valence-corrected chi connectivity index (χ1v) is 11.5. The van der Waals surface area contributed by atoms with Crippen molar-refractivity contribution in [1.29, 1.82) is 0 Å². The number of aliphatic hydroxyl groups is 1. The number of amides is 1. The molecule has 1 heterocycles. The number of hydrogen-bond acceptors (Lipinski definition) is 6. The third kappa shape index (κ3) is 4.45. The Morgan fingerprint density at radius 3 is 2.25 bits per heavy atom. The number of carbonyl (C=O) groups excluding carboxylic acids is 2. The van der Waals surface area contributed by atoms with Crippen molar-refractivity contribution in [1.82, 2.24) is 9.21 Å². The van der Waals surface area contributed by atoms with Gasteiger partial charge in [0.05, 0.1) is 16.5 Å². The lowest BCUT2D eigenvalue weighted by molar-refractivity contribution is -0.140. The van der Waals surface area contributed by atoms with Gasteiger partial charge in [0, 0.05) is 39.9 Å². The summed E-state index contributed by atoms with van der Waals surface area (Å²) in [5, 5.41) is 11.0. The fourth-order valence-corrected chi connectivity index (χ4v) is 4.52. The van der Waals surface area contributed by atoms with Gasteiger partial charge in [0.1, 0.15) is 5.76 Å². The van der Waals surface area contributed by atoms with Crippen LogP contribution in [0.2, 0.25) is 0 Å². The molecule has 3 rings (SSSR count). The van der Waals surface area contributed by atoms with E-state index in [4.69, 9.17) is 4.74 Å². The summed E-state index contributed by atoms with van der Waals surface area (Å²) >= 11 is 0. The predicted octanol–water partition coefficient (Wildman–Crippen LogP) is 2.40. The lowest BCUT2D eigenvalue weighted by Gasteiger charge is -2.25. The second-order valence-electron chi connectivity index (χ2n) is 7.56. The quantitative estimate of drug-likeness (QED) is 0.282. The molecule has 9 heteroatoms. The molecule has 0 aromatic heterocycles. The normalized spacial score (nSPS) is 18.5. The average Bonchev–Trinajstić information content (AvgIpc) is 3.04. The first-order chi connectivity index (χ1) is 15.2. The molecule has 2 aromatic carbocycles. The number of aliphatic hydroxyl groups excluding tert-OH is 1. The number of methoxy groups -OCH3 is 1. The van der Waals surface area contributed by atoms with E-state index in [0.29, 0.717) is 18.6 Å². The van der Waals surface area contributed by atoms with Crippen molar-refractivity contribution in [2.75, 3.05) is 34.4 Å². The monoisotopic (exact) mass is 458 g/mol. The molecule has 0 spiro atoms. The lowest BCUT2D eigenvalue weighted by Crippen LogP contribution is -2.31. The van der Waals surface area contributed by atoms with E-state index in [-0.39, 0.29) is 28.3 Å². The molecular weight excluding hydrogens is 432 g/mol. The highest BCUT2D eigenvalue weighted by atomic mass is 32.2. The number of hydrogen-bond donors (Lipinski definition) is 1. The van der Waals surface area contributed by atoms with Crippen molar-refractivity contribution in [2.45, 2.75) is 17.4 Å². The third-order valence-corrected chi connectivity index (χ3v) is 7.14. The first-order valence-electron chi connectivity index (χ1n) is 10.1. The Bertz CT molecular complexity index is 1120. The topological polar surface area (TPSA) is 104 Å². The molecule has 170 valence electrons. The van der Waals surface area contributed by atoms with Crippen molar-refractivity contribution in [3.05, 3.63) is 71.3 Å². The minimum absolute atomic E-state index is 0.0261. The van der Waals surface area contributed by atoms with Crippen LogP contribution in [0.1, 0.15) is 23.6 Å². The van der Waals surface area contributed by atoms with Gasteiger partial charge in [-0.2, -0.15) is 0 Å². The van der Waals surface area contributed by atoms with Crippen molar-refractivity contribution < 1.29 is 27.9 Å². The van der Waals surface area contributed by atoms with Gasteiger partial charge >= 0.3 is 0 Å². The molecule has 0 unspecified atom stereocenters. The number of sulfonamides is 1. The second-order valence-corrected chi connectivity index (χ2v) is 9.71. The average molecular weight is 459 g/mol. The fourth-order valence-electron chi connectivity index (χ4n) is 3.62. The number of likely N-dealkylation sites (tertiary alicyclic amines) is 1. The largest absolute Gasteiger partial charge is 0.507 e. The molecule has 0 saturated carbocycles. The van der Waals surface area contributed by atoms with E-state index in [2.05, 4.69) is 0 Å². The van der Waals surface area contributed by atoms with E-state index >= 15 is 0 Å². The van der Waals surface area contributed by atoms with Crippen LogP contribution in [0.3, 0.4) is 0 Å². The van der Waals surface area contributed by atoms with Crippen LogP contribution in [0.15, 0.2) is 65.1 Å². The van der Waals surface area contributed by atoms with Gasteiger partial charge in [0.2, 0.25) is 10.0 Å². The summed E-state index contributed by atoms with van der Waals surface area (Å²) in [6.45, 7) is 0.709. The van der Waals surface area contributed by atoms with Crippen LogP contribution in [0.25, 0.3) is 5.76 Å². The van der Waals surface area contributed by atoms with Gasteiger partial charge in [0.25, 0.3) is 11.7 Å². The lowest BCUT2D eigenvalue weighted by atomic mass is 9.95. The Morgan fingerprint density at radius 2 is 1.69 bits per heavy atom. The molecule has 1 N–H and O–H groups in total. The molecule has 0 bridgehead atoms. The van der Waals surface area contributed by atoms with E-state index < -0.39 is 27.8 Å². The molecule has 0 aliphatic carbocycles. The highest BCUT2D eigenvalue weighted by Crippen LogP contribution is 2.39. The molecule has 0 radical (unpaired) electrons. The zero-order valence-electron chi connectivity index (χ0n) is 18.2. The molecule has 1 saturated heterocycles. The van der Waals surface area contributed by atoms with Gasteiger partial charge in [0.15, 0.2) is 0 Å². The number of nitrogens with zero attached hydrogens (tertiary/aromatic N) is 2. The Morgan fingerprint density at radius 1 is 1.06 bits per heavy atom. The van der Waals surface area contributed by atoms with Gasteiger partial charge < -0.3 is 14.7 Å². The summed E-state index contributed by atoms with van der Waals surface area (Å²) in [5.41, 5.74) is 0.915. The van der Waals surface area contributed by atoms with Crippen LogP contribution in [0, 0.1) is 0 Å². The summed E-state index contributed by atoms with van der Waals surface area (Å²) in [6, 6.07) is 13.8. The maximum Gasteiger partial charge on any atom is 0.295 e. The van der Waals surface area contributed by atoms with E-state index in [1.807, 2.05) is 6.07 Å². The number of ketones is 1. The van der Waals surface area contributed by atoms with Crippen molar-refractivity contribution in [2.24, 2.45) is 0 Å². The second kappa shape index (κ2) is 9.64. The molecule has 2 aromatic rings. The van der Waals surface area contributed by atoms with E-state index in [9.17, 15) is 23.1 Å². The molecule has 32 heavy (non-hydrogen) atoms. The predicted molar refractivity (Wildman–Crippen MR) is 119 cm³/mol. The zero-order chi connectivity index (χ0) is 23.5. The van der Waals surface area contributed by atoms with Crippen LogP contribution in [-0.2, 0) is 24.3 Å². The Hall–Kier alpha value is -3.01. The molecule has 8 nitrogen and oxygen atoms in total. The van der Waals surface area contributed by atoms with Crippen molar-refractivity contribution >= 4 is 27.5 Å². The standard InChI is InChI=1S/C23H26N2O6S/c1-24(2)32(29,30)18-12-10-17(11-13-18)21(26)19-20(16-8-5-4-6-9-16)25(14-7-15-31-3)23(28)22(19)27/h4-6,8-13,20,26H,7,14-15H2,1-3H3/t20-/m1/s1. The molecule has 1 aliphatic rings. The van der Waals surface area contributed by atoms with Crippen LogP contribution in [0.5, 0.6) is 0 Å². The molecular formula is C23H26N2O6S. The SMILES string of the molecule is COCCCN1C(=O)C(=O)C(=C(O)c2ccc(S(=O)(=O)N(C)C)cc2)[C@H]1c1ccccc1. The fraction of sp³-hybridized carbons (Fsp3) is 0.304. The third-order valence-electron chi connectivity index (χ3n) is 5.31. The van der Waals surface area contributed by atoms with Crippen molar-refractivity contribution in [3.63, 3.8) is 0 Å². The van der Waals surface area contributed by atoms with E-state index in [0.717, 1.165) is 4.31 Å². The first kappa shape index (κ1) is 23.6. The summed E-state index contributed by atoms with van der Waals surface area (Å²) in [7, 11) is 0.769. The Balaban J connectivity index is 2.07. The van der Waals surface area contributed by atoms with Gasteiger partial charge in [-0.3, -0.25) is 9.59 Å². The molecule has 1 atom stereocenters. The summed E-state index contributed by atoms with van der Waals surface area (Å²) in [4.78, 5) is 27.2. The highest BCUT2D eigenvalue weighted by Gasteiger charge is 2.45. The summed E-state index contributed by atoms with van der Waals surface area (Å²) < 4.78 is 30.8. The van der Waals surface area contributed by atoms with Gasteiger partial charge in [-0.15, -0.1) is 0 Å². The number of carbonyl (C=O) groups is 2. The number of ether oxygens (including phenoxy) is 1. The van der Waals surface area contributed by atoms with Gasteiger partial charge in [-0.1, -0.05) is 30.3 Å². The van der Waals surface area contributed by atoms with Gasteiger partial charge in [-0.25, -0.2) is 12.7 Å². The van der Waals surface area contributed by atoms with Gasteiger partial charge in [-0.05, 0) is 36.2 Å². The minimum Gasteiger partial charge on any atom is -0.507 e.